The zero-order valence-electron chi connectivity index (χ0n) is 16.0. The van der Waals surface area contributed by atoms with Crippen LogP contribution in [0.4, 0.5) is 23.1 Å². The molecule has 0 aliphatic carbocycles. The van der Waals surface area contributed by atoms with Gasteiger partial charge in [-0.1, -0.05) is 32.0 Å². The lowest BCUT2D eigenvalue weighted by atomic mass is 10.0. The topological polar surface area (TPSA) is 68.3 Å². The second-order valence-corrected chi connectivity index (χ2v) is 6.32. The van der Waals surface area contributed by atoms with E-state index in [9.17, 15) is 0 Å². The van der Waals surface area contributed by atoms with Crippen LogP contribution in [0.2, 0.25) is 0 Å². The van der Waals surface area contributed by atoms with Gasteiger partial charge < -0.3 is 20.1 Å². The molecule has 140 valence electrons. The molecule has 0 aliphatic rings. The summed E-state index contributed by atoms with van der Waals surface area (Å²) in [5, 5.41) is 6.58. The first kappa shape index (κ1) is 18.5. The van der Waals surface area contributed by atoms with Crippen LogP contribution < -0.4 is 20.1 Å². The Balaban J connectivity index is 1.85. The Kier molecular flexibility index (Phi) is 5.76. The van der Waals surface area contributed by atoms with Gasteiger partial charge in [0.05, 0.1) is 19.9 Å². The van der Waals surface area contributed by atoms with Gasteiger partial charge in [0, 0.05) is 18.0 Å². The van der Waals surface area contributed by atoms with Gasteiger partial charge in [0.15, 0.2) is 0 Å². The van der Waals surface area contributed by atoms with Crippen molar-refractivity contribution in [2.75, 3.05) is 24.9 Å². The summed E-state index contributed by atoms with van der Waals surface area (Å²) in [6.45, 7) is 4.32. The van der Waals surface area contributed by atoms with E-state index in [0.717, 1.165) is 17.1 Å². The van der Waals surface area contributed by atoms with Crippen LogP contribution >= 0.6 is 0 Å². The summed E-state index contributed by atoms with van der Waals surface area (Å²) in [5.41, 5.74) is 2.99. The molecule has 1 aromatic heterocycles. The minimum atomic E-state index is 0.399. The third kappa shape index (κ3) is 4.47. The van der Waals surface area contributed by atoms with Gasteiger partial charge in [0.1, 0.15) is 17.3 Å². The number of rotatable bonds is 7. The molecule has 0 aliphatic heterocycles. The summed E-state index contributed by atoms with van der Waals surface area (Å²) in [4.78, 5) is 8.90. The van der Waals surface area contributed by atoms with Gasteiger partial charge in [0.25, 0.3) is 0 Å². The highest BCUT2D eigenvalue weighted by atomic mass is 16.5. The lowest BCUT2D eigenvalue weighted by molar-refractivity contribution is 0.405. The molecule has 0 atom stereocenters. The third-order valence-electron chi connectivity index (χ3n) is 4.15. The van der Waals surface area contributed by atoms with Crippen LogP contribution in [0, 0.1) is 0 Å². The van der Waals surface area contributed by atoms with Gasteiger partial charge in [-0.25, -0.2) is 4.98 Å². The molecule has 0 fully saturated rings. The van der Waals surface area contributed by atoms with Crippen molar-refractivity contribution in [3.63, 3.8) is 0 Å². The van der Waals surface area contributed by atoms with Crippen LogP contribution in [0.5, 0.6) is 11.5 Å². The lowest BCUT2D eigenvalue weighted by Gasteiger charge is -2.15. The average molecular weight is 364 g/mol. The van der Waals surface area contributed by atoms with Crippen LogP contribution in [0.15, 0.2) is 54.7 Å². The van der Waals surface area contributed by atoms with E-state index in [1.165, 1.54) is 5.56 Å². The van der Waals surface area contributed by atoms with Gasteiger partial charge in [0.2, 0.25) is 5.95 Å². The number of methoxy groups -OCH3 is 2. The van der Waals surface area contributed by atoms with Crippen LogP contribution in [0.25, 0.3) is 0 Å². The van der Waals surface area contributed by atoms with Crippen LogP contribution in [0.3, 0.4) is 0 Å². The summed E-state index contributed by atoms with van der Waals surface area (Å²) in [5.74, 6) is 3.01. The molecule has 0 radical (unpaired) electrons. The second-order valence-electron chi connectivity index (χ2n) is 6.32. The van der Waals surface area contributed by atoms with Crippen molar-refractivity contribution in [2.45, 2.75) is 19.8 Å². The normalized spacial score (nSPS) is 10.6. The third-order valence-corrected chi connectivity index (χ3v) is 4.15. The molecule has 1 heterocycles. The molecule has 3 aromatic rings. The van der Waals surface area contributed by atoms with E-state index in [0.29, 0.717) is 23.4 Å². The molecule has 6 heteroatoms. The van der Waals surface area contributed by atoms with Crippen molar-refractivity contribution in [3.05, 3.63) is 60.3 Å². The number of hydrogen-bond acceptors (Lipinski definition) is 6. The number of nitrogens with one attached hydrogen (secondary N) is 2. The summed E-state index contributed by atoms with van der Waals surface area (Å²) < 4.78 is 10.7. The van der Waals surface area contributed by atoms with Crippen molar-refractivity contribution >= 4 is 23.1 Å². The Hall–Kier alpha value is -3.28. The van der Waals surface area contributed by atoms with E-state index in [1.807, 2.05) is 36.4 Å². The molecule has 0 bridgehead atoms. The first-order valence-electron chi connectivity index (χ1n) is 8.78. The SMILES string of the molecule is COc1ccc(OC)c(Nc2ccnc(Nc3ccccc3C(C)C)n2)c1. The van der Waals surface area contributed by atoms with Gasteiger partial charge in [-0.05, 0) is 35.7 Å². The minimum Gasteiger partial charge on any atom is -0.497 e. The summed E-state index contributed by atoms with van der Waals surface area (Å²) in [6.07, 6.45) is 1.71. The number of aromatic nitrogens is 2. The maximum Gasteiger partial charge on any atom is 0.229 e. The summed E-state index contributed by atoms with van der Waals surface area (Å²) in [7, 11) is 3.26. The van der Waals surface area contributed by atoms with Crippen LogP contribution in [-0.2, 0) is 0 Å². The van der Waals surface area contributed by atoms with Crippen LogP contribution in [0.1, 0.15) is 25.3 Å². The molecule has 0 saturated heterocycles. The fraction of sp³-hybridized carbons (Fsp3) is 0.238. The van der Waals surface area contributed by atoms with Crippen molar-refractivity contribution in [2.24, 2.45) is 0 Å². The minimum absolute atomic E-state index is 0.399. The zero-order valence-corrected chi connectivity index (χ0v) is 16.0. The van der Waals surface area contributed by atoms with E-state index in [-0.39, 0.29) is 0 Å². The lowest BCUT2D eigenvalue weighted by Crippen LogP contribution is -2.03. The molecule has 0 saturated carbocycles. The maximum atomic E-state index is 5.41. The van der Waals surface area contributed by atoms with Crippen LogP contribution in [-0.4, -0.2) is 24.2 Å². The molecule has 0 spiro atoms. The van der Waals surface area contributed by atoms with E-state index >= 15 is 0 Å². The van der Waals surface area contributed by atoms with E-state index in [4.69, 9.17) is 9.47 Å². The number of hydrogen-bond donors (Lipinski definition) is 2. The molecule has 6 nitrogen and oxygen atoms in total. The predicted molar refractivity (Wildman–Crippen MR) is 109 cm³/mol. The number of anilines is 4. The molecular weight excluding hydrogens is 340 g/mol. The van der Waals surface area contributed by atoms with Crippen molar-refractivity contribution in [1.82, 2.24) is 9.97 Å². The molecule has 0 unspecified atom stereocenters. The van der Waals surface area contributed by atoms with Gasteiger partial charge in [-0.15, -0.1) is 0 Å². The molecule has 0 amide bonds. The molecule has 27 heavy (non-hydrogen) atoms. The standard InChI is InChI=1S/C21H24N4O2/c1-14(2)16-7-5-6-8-17(16)24-21-22-12-11-20(25-21)23-18-13-15(26-3)9-10-19(18)27-4/h5-14H,1-4H3,(H2,22,23,24,25). The Morgan fingerprint density at radius 1 is 0.889 bits per heavy atom. The predicted octanol–water partition coefficient (Wildman–Crippen LogP) is 5.10. The first-order valence-corrected chi connectivity index (χ1v) is 8.78. The van der Waals surface area contributed by atoms with E-state index in [1.54, 1.807) is 26.5 Å². The highest BCUT2D eigenvalue weighted by Crippen LogP contribution is 2.31. The highest BCUT2D eigenvalue weighted by molar-refractivity contribution is 5.67. The van der Waals surface area contributed by atoms with Gasteiger partial charge in [-0.2, -0.15) is 4.98 Å². The van der Waals surface area contributed by atoms with E-state index < -0.39 is 0 Å². The quantitative estimate of drug-likeness (QED) is 0.607. The van der Waals surface area contributed by atoms with Gasteiger partial charge >= 0.3 is 0 Å². The number of ether oxygens (including phenoxy) is 2. The Morgan fingerprint density at radius 2 is 1.70 bits per heavy atom. The zero-order chi connectivity index (χ0) is 19.2. The second kappa shape index (κ2) is 8.40. The molecular formula is C21H24N4O2. The van der Waals surface area contributed by atoms with Crippen molar-refractivity contribution < 1.29 is 9.47 Å². The maximum absolute atomic E-state index is 5.41. The number of benzene rings is 2. The van der Waals surface area contributed by atoms with Crippen molar-refractivity contribution in [3.8, 4) is 11.5 Å². The van der Waals surface area contributed by atoms with E-state index in [2.05, 4.69) is 40.5 Å². The Labute approximate surface area is 159 Å². The fourth-order valence-corrected chi connectivity index (χ4v) is 2.77. The first-order chi connectivity index (χ1) is 13.1. The van der Waals surface area contributed by atoms with Crippen molar-refractivity contribution in [1.29, 1.82) is 0 Å². The summed E-state index contributed by atoms with van der Waals surface area (Å²) >= 11 is 0. The fourth-order valence-electron chi connectivity index (χ4n) is 2.77. The average Bonchev–Trinajstić information content (AvgIpc) is 2.68. The monoisotopic (exact) mass is 364 g/mol. The highest BCUT2D eigenvalue weighted by Gasteiger charge is 2.09. The molecule has 2 N–H and O–H groups in total. The smallest absolute Gasteiger partial charge is 0.229 e. The van der Waals surface area contributed by atoms with Gasteiger partial charge in [-0.3, -0.25) is 0 Å². The Morgan fingerprint density at radius 3 is 2.44 bits per heavy atom. The number of para-hydroxylation sites is 1. The Bertz CT molecular complexity index is 912. The number of nitrogens with zero attached hydrogens (tertiary/aromatic N) is 2. The molecule has 3 rings (SSSR count). The molecule has 2 aromatic carbocycles. The summed E-state index contributed by atoms with van der Waals surface area (Å²) in [6, 6.07) is 15.5. The largest absolute Gasteiger partial charge is 0.497 e.